The standard InChI is InChI=1S/C14H28N2O2/c1-6-7-12-14(17)16(11(4)8-9-18-5)13(15-12)10(2)3/h10-13,15H,6-9H2,1-5H3. The van der Waals surface area contributed by atoms with Crippen LogP contribution in [-0.4, -0.2) is 42.8 Å². The normalized spacial score (nSPS) is 26.1. The van der Waals surface area contributed by atoms with Gasteiger partial charge in [-0.2, -0.15) is 0 Å². The molecule has 1 fully saturated rings. The first-order chi connectivity index (χ1) is 8.52. The fourth-order valence-electron chi connectivity index (χ4n) is 2.60. The SMILES string of the molecule is CCCC1NC(C(C)C)N(C(C)CCOC)C1=O. The van der Waals surface area contributed by atoms with Crippen LogP contribution in [0.5, 0.6) is 0 Å². The number of carbonyl (C=O) groups excluding carboxylic acids is 1. The number of nitrogens with one attached hydrogen (secondary N) is 1. The first kappa shape index (κ1) is 15.4. The summed E-state index contributed by atoms with van der Waals surface area (Å²) in [6.45, 7) is 9.26. The van der Waals surface area contributed by atoms with E-state index in [1.165, 1.54) is 0 Å². The van der Waals surface area contributed by atoms with Gasteiger partial charge in [-0.05, 0) is 25.7 Å². The van der Waals surface area contributed by atoms with Gasteiger partial charge in [0.15, 0.2) is 0 Å². The average Bonchev–Trinajstić information content (AvgIpc) is 2.65. The third-order valence-electron chi connectivity index (χ3n) is 3.65. The molecule has 0 aromatic heterocycles. The first-order valence-electron chi connectivity index (χ1n) is 7.10. The molecule has 1 N–H and O–H groups in total. The minimum atomic E-state index is 0.00685. The van der Waals surface area contributed by atoms with Gasteiger partial charge in [0, 0.05) is 19.8 Å². The molecule has 106 valence electrons. The van der Waals surface area contributed by atoms with Gasteiger partial charge in [-0.15, -0.1) is 0 Å². The lowest BCUT2D eigenvalue weighted by Crippen LogP contribution is -2.46. The molecule has 0 saturated carbocycles. The summed E-state index contributed by atoms with van der Waals surface area (Å²) in [6.07, 6.45) is 3.02. The molecule has 0 aliphatic carbocycles. The van der Waals surface area contributed by atoms with Gasteiger partial charge in [0.1, 0.15) is 0 Å². The van der Waals surface area contributed by atoms with Crippen LogP contribution in [0.2, 0.25) is 0 Å². The largest absolute Gasteiger partial charge is 0.385 e. The van der Waals surface area contributed by atoms with E-state index in [1.54, 1.807) is 7.11 Å². The number of methoxy groups -OCH3 is 1. The highest BCUT2D eigenvalue weighted by Gasteiger charge is 2.41. The summed E-state index contributed by atoms with van der Waals surface area (Å²) in [5.74, 6) is 0.694. The highest BCUT2D eigenvalue weighted by Crippen LogP contribution is 2.23. The number of ether oxygens (including phenoxy) is 1. The van der Waals surface area contributed by atoms with Gasteiger partial charge >= 0.3 is 0 Å². The Morgan fingerprint density at radius 1 is 1.39 bits per heavy atom. The van der Waals surface area contributed by atoms with Crippen molar-refractivity contribution >= 4 is 5.91 Å². The van der Waals surface area contributed by atoms with Crippen molar-refractivity contribution in [2.24, 2.45) is 5.92 Å². The van der Waals surface area contributed by atoms with Crippen LogP contribution >= 0.6 is 0 Å². The Morgan fingerprint density at radius 3 is 2.56 bits per heavy atom. The monoisotopic (exact) mass is 256 g/mol. The fourth-order valence-corrected chi connectivity index (χ4v) is 2.60. The molecule has 3 atom stereocenters. The van der Waals surface area contributed by atoms with E-state index < -0.39 is 0 Å². The van der Waals surface area contributed by atoms with E-state index in [1.807, 2.05) is 4.90 Å². The molecule has 0 spiro atoms. The molecule has 1 aliphatic rings. The van der Waals surface area contributed by atoms with Crippen molar-refractivity contribution in [2.75, 3.05) is 13.7 Å². The quantitative estimate of drug-likeness (QED) is 0.757. The topological polar surface area (TPSA) is 41.6 Å². The second-order valence-electron chi connectivity index (χ2n) is 5.57. The molecule has 1 rings (SSSR count). The zero-order valence-corrected chi connectivity index (χ0v) is 12.4. The molecule has 1 aliphatic heterocycles. The highest BCUT2D eigenvalue weighted by atomic mass is 16.5. The Morgan fingerprint density at radius 2 is 2.06 bits per heavy atom. The predicted molar refractivity (Wildman–Crippen MR) is 73.3 cm³/mol. The minimum absolute atomic E-state index is 0.00685. The molecule has 1 amide bonds. The fraction of sp³-hybridized carbons (Fsp3) is 0.929. The van der Waals surface area contributed by atoms with Gasteiger partial charge in [-0.3, -0.25) is 10.1 Å². The third kappa shape index (κ3) is 3.45. The lowest BCUT2D eigenvalue weighted by atomic mass is 10.1. The molecule has 3 unspecified atom stereocenters. The highest BCUT2D eigenvalue weighted by molar-refractivity contribution is 5.84. The summed E-state index contributed by atoms with van der Waals surface area (Å²) in [6, 6.07) is 0.242. The summed E-state index contributed by atoms with van der Waals surface area (Å²) in [4.78, 5) is 14.5. The maximum absolute atomic E-state index is 12.4. The number of amides is 1. The predicted octanol–water partition coefficient (Wildman–Crippen LogP) is 1.99. The van der Waals surface area contributed by atoms with Crippen molar-refractivity contribution in [3.8, 4) is 0 Å². The summed E-state index contributed by atoms with van der Waals surface area (Å²) in [5.41, 5.74) is 0. The lowest BCUT2D eigenvalue weighted by molar-refractivity contribution is -0.133. The Bertz CT molecular complexity index is 269. The van der Waals surface area contributed by atoms with Crippen LogP contribution in [0.25, 0.3) is 0 Å². The number of carbonyl (C=O) groups is 1. The Labute approximate surface area is 111 Å². The summed E-state index contributed by atoms with van der Waals surface area (Å²) in [7, 11) is 1.70. The van der Waals surface area contributed by atoms with Crippen LogP contribution in [0.4, 0.5) is 0 Å². The summed E-state index contributed by atoms with van der Waals surface area (Å²) >= 11 is 0. The summed E-state index contributed by atoms with van der Waals surface area (Å²) < 4.78 is 5.12. The molecule has 0 aromatic carbocycles. The maximum Gasteiger partial charge on any atom is 0.241 e. The van der Waals surface area contributed by atoms with Gasteiger partial charge in [-0.1, -0.05) is 27.2 Å². The maximum atomic E-state index is 12.4. The number of nitrogens with zero attached hydrogens (tertiary/aromatic N) is 1. The third-order valence-corrected chi connectivity index (χ3v) is 3.65. The van der Waals surface area contributed by atoms with E-state index in [-0.39, 0.29) is 24.2 Å². The van der Waals surface area contributed by atoms with Crippen molar-refractivity contribution in [3.05, 3.63) is 0 Å². The molecular formula is C14H28N2O2. The van der Waals surface area contributed by atoms with Crippen molar-refractivity contribution in [2.45, 2.75) is 65.2 Å². The molecule has 0 bridgehead atoms. The van der Waals surface area contributed by atoms with E-state index in [9.17, 15) is 4.79 Å². The Kier molecular flexibility index (Phi) is 6.09. The molecular weight excluding hydrogens is 228 g/mol. The average molecular weight is 256 g/mol. The van der Waals surface area contributed by atoms with Crippen LogP contribution in [0.3, 0.4) is 0 Å². The summed E-state index contributed by atoms with van der Waals surface area (Å²) in [5, 5.41) is 3.48. The van der Waals surface area contributed by atoms with Crippen LogP contribution in [0.15, 0.2) is 0 Å². The van der Waals surface area contributed by atoms with Crippen LogP contribution in [0, 0.1) is 5.92 Å². The smallest absolute Gasteiger partial charge is 0.241 e. The van der Waals surface area contributed by atoms with E-state index in [4.69, 9.17) is 4.74 Å². The minimum Gasteiger partial charge on any atom is -0.385 e. The molecule has 4 nitrogen and oxygen atoms in total. The van der Waals surface area contributed by atoms with Crippen molar-refractivity contribution < 1.29 is 9.53 Å². The van der Waals surface area contributed by atoms with Gasteiger partial charge < -0.3 is 9.64 Å². The van der Waals surface area contributed by atoms with E-state index in [0.717, 1.165) is 19.3 Å². The van der Waals surface area contributed by atoms with Gasteiger partial charge in [-0.25, -0.2) is 0 Å². The zero-order chi connectivity index (χ0) is 13.7. The van der Waals surface area contributed by atoms with Gasteiger partial charge in [0.2, 0.25) is 5.91 Å². The Balaban J connectivity index is 2.73. The molecule has 4 heteroatoms. The first-order valence-corrected chi connectivity index (χ1v) is 7.10. The zero-order valence-electron chi connectivity index (χ0n) is 12.4. The molecule has 18 heavy (non-hydrogen) atoms. The number of rotatable bonds is 7. The van der Waals surface area contributed by atoms with Crippen molar-refractivity contribution in [3.63, 3.8) is 0 Å². The second-order valence-corrected chi connectivity index (χ2v) is 5.57. The molecule has 1 heterocycles. The number of hydrogen-bond acceptors (Lipinski definition) is 3. The van der Waals surface area contributed by atoms with E-state index in [0.29, 0.717) is 12.5 Å². The molecule has 1 saturated heterocycles. The second kappa shape index (κ2) is 7.10. The van der Waals surface area contributed by atoms with Crippen LogP contribution in [-0.2, 0) is 9.53 Å². The Hall–Kier alpha value is -0.610. The molecule has 0 radical (unpaired) electrons. The number of hydrogen-bond donors (Lipinski definition) is 1. The van der Waals surface area contributed by atoms with E-state index >= 15 is 0 Å². The van der Waals surface area contributed by atoms with E-state index in [2.05, 4.69) is 33.0 Å². The van der Waals surface area contributed by atoms with Gasteiger partial charge in [0.05, 0.1) is 12.2 Å². The molecule has 0 aromatic rings. The van der Waals surface area contributed by atoms with Crippen LogP contribution in [0.1, 0.15) is 47.0 Å². The van der Waals surface area contributed by atoms with Crippen LogP contribution < -0.4 is 5.32 Å². The lowest BCUT2D eigenvalue weighted by Gasteiger charge is -2.32. The van der Waals surface area contributed by atoms with Crippen molar-refractivity contribution in [1.82, 2.24) is 10.2 Å². The van der Waals surface area contributed by atoms with Crippen molar-refractivity contribution in [1.29, 1.82) is 0 Å². The van der Waals surface area contributed by atoms with Gasteiger partial charge in [0.25, 0.3) is 0 Å².